The van der Waals surface area contributed by atoms with Crippen LogP contribution in [0.1, 0.15) is 12.5 Å². The van der Waals surface area contributed by atoms with Gasteiger partial charge in [0.15, 0.2) is 23.6 Å². The molecule has 2 saturated heterocycles. The van der Waals surface area contributed by atoms with Gasteiger partial charge in [0.25, 0.3) is 5.56 Å². The maximum atomic E-state index is 11.9. The van der Waals surface area contributed by atoms with E-state index in [9.17, 15) is 67.2 Å². The fourth-order valence-corrected chi connectivity index (χ4v) is 11.0. The minimum atomic E-state index is -5.72. The van der Waals surface area contributed by atoms with Crippen molar-refractivity contribution in [3.8, 4) is 0 Å². The molecule has 0 bridgehead atoms. The van der Waals surface area contributed by atoms with Gasteiger partial charge in [0.2, 0.25) is 0 Å². The molecule has 60 heavy (non-hydrogen) atoms. The Balaban J connectivity index is 0.000000265. The van der Waals surface area contributed by atoms with E-state index < -0.39 is 120 Å². The number of aliphatic hydroxyl groups is 4. The zero-order valence-corrected chi connectivity index (χ0v) is 34.8. The molecule has 340 valence electrons. The van der Waals surface area contributed by atoms with Crippen molar-refractivity contribution in [2.45, 2.75) is 49.1 Å². The van der Waals surface area contributed by atoms with Crippen LogP contribution in [-0.2, 0) is 63.2 Å². The van der Waals surface area contributed by atoms with E-state index in [1.54, 1.807) is 0 Å². The lowest BCUT2D eigenvalue weighted by atomic mass is 10.1. The van der Waals surface area contributed by atoms with E-state index in [0.29, 0.717) is 0 Å². The van der Waals surface area contributed by atoms with Crippen molar-refractivity contribution in [2.24, 2.45) is 0 Å². The van der Waals surface area contributed by atoms with Gasteiger partial charge < -0.3 is 74.0 Å². The quantitative estimate of drug-likeness (QED) is 0.0501. The van der Waals surface area contributed by atoms with E-state index in [1.807, 2.05) is 0 Å². The van der Waals surface area contributed by atoms with Crippen molar-refractivity contribution in [3.63, 3.8) is 0 Å². The summed E-state index contributed by atoms with van der Waals surface area (Å²) in [5.41, 5.74) is -1.47. The summed E-state index contributed by atoms with van der Waals surface area (Å²) in [6.07, 6.45) is -9.28. The minimum Gasteiger partial charge on any atom is -0.387 e. The van der Waals surface area contributed by atoms with Crippen LogP contribution in [0, 0.1) is 4.64 Å². The molecule has 5 heterocycles. The molecule has 2 aliphatic heterocycles. The minimum absolute atomic E-state index is 0.00599. The molecule has 14 N–H and O–H groups in total. The molecule has 41 heteroatoms. The monoisotopic (exact) mass is 1010 g/mol. The topological polar surface area (TPSA) is 520 Å². The van der Waals surface area contributed by atoms with Gasteiger partial charge in [0, 0.05) is 6.20 Å². The summed E-state index contributed by atoms with van der Waals surface area (Å²) in [5.74, 6) is 0. The summed E-state index contributed by atoms with van der Waals surface area (Å²) >= 11 is 4.75. The summed E-state index contributed by atoms with van der Waals surface area (Å²) in [5, 5.41) is 40.3. The van der Waals surface area contributed by atoms with Crippen molar-refractivity contribution in [1.82, 2.24) is 29.1 Å². The fraction of sp³-hybridized carbons (Fsp3) is 0.526. The third-order valence-corrected chi connectivity index (χ3v) is 14.9. The number of imidazole rings is 1. The van der Waals surface area contributed by atoms with E-state index >= 15 is 0 Å². The molecule has 0 aliphatic carbocycles. The Labute approximate surface area is 334 Å². The van der Waals surface area contributed by atoms with E-state index in [4.69, 9.17) is 51.1 Å². The number of hydrogen-bond acceptors (Lipinski definition) is 23. The Morgan fingerprint density at radius 3 is 1.55 bits per heavy atom. The number of aromatic nitrogens is 6. The average Bonchev–Trinajstić information content (AvgIpc) is 3.70. The molecule has 3 aromatic heterocycles. The molecule has 5 rings (SSSR count). The highest BCUT2D eigenvalue weighted by Crippen LogP contribution is 2.67. The number of nitrogens with zero attached hydrogens (tertiary/aromatic N) is 4. The first-order valence-corrected chi connectivity index (χ1v) is 24.6. The standard InChI is InChI=1S/C10H15N4O14P3.C9H15N2O14P3S/c15-6-4(1-25-30(21,22)28-31(23,24)27-29(18,19)20)26-10(7(6)16)14-3-13-5-8(14)11-2-12-9(5)17;12-6-4(3-22-27(18,19)25-28(20,21)24-26(15,16)17)23-8(7(6)13)11-2-1-5(29)10-9(11)14/h2-4,6-7,10,15-16H,1H2,(H,21,22)(H,23,24)(H,11,12,17)(H2,18,19,20);1-2,4,6-8,12-13H,3H2,(H,18,19)(H,20,21)(H,10,14,29)(H2,15,16,17)/t4-,6-,7-,10-;4-,6-,7-,8-/m11/s1. The Morgan fingerprint density at radius 2 is 1.12 bits per heavy atom. The highest BCUT2D eigenvalue weighted by Gasteiger charge is 2.48. The summed E-state index contributed by atoms with van der Waals surface area (Å²) in [6.45, 7) is -1.99. The lowest BCUT2D eigenvalue weighted by molar-refractivity contribution is -0.0542. The van der Waals surface area contributed by atoms with E-state index in [2.05, 4.69) is 46.2 Å². The summed E-state index contributed by atoms with van der Waals surface area (Å²) < 4.78 is 103. The number of ether oxygens (including phenoxy) is 2. The molecule has 0 aromatic carbocycles. The zero-order valence-electron chi connectivity index (χ0n) is 28.6. The number of aliphatic hydroxyl groups excluding tert-OH is 4. The Bertz CT molecular complexity index is 2500. The molecule has 34 nitrogen and oxygen atoms in total. The molecule has 2 fully saturated rings. The van der Waals surface area contributed by atoms with Crippen molar-refractivity contribution in [3.05, 3.63) is 50.4 Å². The molecule has 0 radical (unpaired) electrons. The van der Waals surface area contributed by atoms with Gasteiger partial charge in [-0.1, -0.05) is 12.2 Å². The highest BCUT2D eigenvalue weighted by atomic mass is 32.1. The first-order valence-electron chi connectivity index (χ1n) is 15.1. The molecule has 4 unspecified atom stereocenters. The van der Waals surface area contributed by atoms with Crippen LogP contribution in [0.5, 0.6) is 0 Å². The van der Waals surface area contributed by atoms with Gasteiger partial charge in [-0.2, -0.15) is 17.2 Å². The molecule has 2 aliphatic rings. The second-order valence-corrected chi connectivity index (χ2v) is 20.7. The van der Waals surface area contributed by atoms with E-state index in [1.165, 1.54) is 6.07 Å². The lowest BCUT2D eigenvalue weighted by Crippen LogP contribution is -2.36. The van der Waals surface area contributed by atoms with Gasteiger partial charge in [0.1, 0.15) is 41.3 Å². The number of aromatic amines is 2. The maximum absolute atomic E-state index is 11.9. The van der Waals surface area contributed by atoms with Gasteiger partial charge in [-0.05, 0) is 6.07 Å². The Hall–Kier alpha value is -1.97. The van der Waals surface area contributed by atoms with Gasteiger partial charge in [-0.3, -0.25) is 28.0 Å². The summed E-state index contributed by atoms with van der Waals surface area (Å²) in [4.78, 5) is 107. The number of phosphoric acid groups is 6. The van der Waals surface area contributed by atoms with Gasteiger partial charge >= 0.3 is 52.6 Å². The van der Waals surface area contributed by atoms with Crippen molar-refractivity contribution >= 4 is 70.3 Å². The molecule has 3 aromatic rings. The highest BCUT2D eigenvalue weighted by molar-refractivity contribution is 7.71. The molecule has 0 saturated carbocycles. The fourth-order valence-electron chi connectivity index (χ4n) is 4.81. The molecule has 0 spiro atoms. The predicted octanol–water partition coefficient (Wildman–Crippen LogP) is -3.05. The number of rotatable bonds is 16. The van der Waals surface area contributed by atoms with Crippen molar-refractivity contribution in [1.29, 1.82) is 0 Å². The Morgan fingerprint density at radius 1 is 0.667 bits per heavy atom. The average molecular weight is 1010 g/mol. The van der Waals surface area contributed by atoms with Gasteiger partial charge in [-0.25, -0.2) is 42.2 Å². The largest absolute Gasteiger partial charge is 0.490 e. The second kappa shape index (κ2) is 19.0. The summed E-state index contributed by atoms with van der Waals surface area (Å²) in [7, 11) is -33.4. The number of fused-ring (bicyclic) bond motifs is 1. The molecular weight excluding hydrogens is 978 g/mol. The number of hydrogen-bond donors (Lipinski definition) is 14. The van der Waals surface area contributed by atoms with Gasteiger partial charge in [-0.15, -0.1) is 0 Å². The third-order valence-electron chi connectivity index (χ3n) is 7.07. The summed E-state index contributed by atoms with van der Waals surface area (Å²) in [6, 6.07) is 1.29. The first-order chi connectivity index (χ1) is 27.3. The van der Waals surface area contributed by atoms with E-state index in [0.717, 1.165) is 28.0 Å². The van der Waals surface area contributed by atoms with Crippen LogP contribution in [0.2, 0.25) is 0 Å². The van der Waals surface area contributed by atoms with Crippen molar-refractivity contribution < 1.29 is 123 Å². The van der Waals surface area contributed by atoms with E-state index in [-0.39, 0.29) is 15.8 Å². The number of H-pyrrole nitrogens is 2. The van der Waals surface area contributed by atoms with Crippen LogP contribution in [0.3, 0.4) is 0 Å². The number of phosphoric ester groups is 2. The normalized spacial score (nSPS) is 28.9. The van der Waals surface area contributed by atoms with Crippen LogP contribution in [0.4, 0.5) is 0 Å². The number of nitrogens with one attached hydrogen (secondary N) is 2. The first kappa shape index (κ1) is 50.7. The molecule has 12 atom stereocenters. The SMILES string of the molecule is O=c1[nH]c(=S)ccn1[C@@H]1O[C@H](COP(=O)(O)OP(=O)(O)OP(=O)(O)O)[C@@H](O)[C@H]1O.O=c1[nH]cnc2c1ncn2[C@@H]1O[C@H](COP(=O)(O)OP(=O)(O)OP(=O)(O)O)[C@@H](O)[C@H]1O. The predicted molar refractivity (Wildman–Crippen MR) is 186 cm³/mol. The van der Waals surface area contributed by atoms with Crippen molar-refractivity contribution in [2.75, 3.05) is 13.2 Å². The van der Waals surface area contributed by atoms with Gasteiger partial charge in [0.05, 0.1) is 25.9 Å². The maximum Gasteiger partial charge on any atom is 0.490 e. The van der Waals surface area contributed by atoms with Crippen LogP contribution in [-0.4, -0.2) is 138 Å². The smallest absolute Gasteiger partial charge is 0.387 e. The second-order valence-electron chi connectivity index (χ2n) is 11.4. The zero-order chi connectivity index (χ0) is 45.4. The van der Waals surface area contributed by atoms with Crippen LogP contribution in [0.25, 0.3) is 11.2 Å². The molecule has 0 amide bonds. The Kier molecular flexibility index (Phi) is 16.1. The third kappa shape index (κ3) is 14.0. The lowest BCUT2D eigenvalue weighted by Gasteiger charge is -2.19. The van der Waals surface area contributed by atoms with Crippen LogP contribution >= 0.6 is 59.2 Å². The van der Waals surface area contributed by atoms with Crippen LogP contribution in [0.15, 0.2) is 34.5 Å². The van der Waals surface area contributed by atoms with Crippen LogP contribution < -0.4 is 11.2 Å². The molecular formula is C19H30N6O28P6S.